The molecule has 2 aromatic rings. The number of piperidine rings is 1. The topological polar surface area (TPSA) is 81.1 Å². The number of hydrogen-bond acceptors (Lipinski definition) is 5. The van der Waals surface area contributed by atoms with Gasteiger partial charge in [0, 0.05) is 19.1 Å². The second-order valence-electron chi connectivity index (χ2n) is 7.38. The van der Waals surface area contributed by atoms with E-state index >= 15 is 0 Å². The number of ether oxygens (including phenoxy) is 1. The Morgan fingerprint density at radius 2 is 2.04 bits per heavy atom. The van der Waals surface area contributed by atoms with Crippen LogP contribution in [0.4, 0.5) is 0 Å². The van der Waals surface area contributed by atoms with E-state index in [-0.39, 0.29) is 17.9 Å². The van der Waals surface area contributed by atoms with Crippen molar-refractivity contribution in [2.45, 2.75) is 37.8 Å². The molecule has 7 nitrogen and oxygen atoms in total. The maximum Gasteiger partial charge on any atom is 0.273 e. The number of benzene rings is 1. The predicted octanol–water partition coefficient (Wildman–Crippen LogP) is 2.10. The van der Waals surface area contributed by atoms with Crippen molar-refractivity contribution < 1.29 is 9.53 Å². The van der Waals surface area contributed by atoms with Crippen molar-refractivity contribution in [1.82, 2.24) is 25.6 Å². The molecule has 2 atom stereocenters. The Bertz CT molecular complexity index is 742. The van der Waals surface area contributed by atoms with Crippen LogP contribution in [0.25, 0.3) is 0 Å². The average Bonchev–Trinajstić information content (AvgIpc) is 3.24. The SMILES string of the molecule is O=C(NCC1CCCOC1c1ccccc1)c1cn(C2CCNCC2)nn1. The van der Waals surface area contributed by atoms with Crippen molar-refractivity contribution in [3.05, 3.63) is 47.8 Å². The fraction of sp³-hybridized carbons (Fsp3) is 0.550. The van der Waals surface area contributed by atoms with E-state index in [9.17, 15) is 4.79 Å². The molecule has 0 saturated carbocycles. The summed E-state index contributed by atoms with van der Waals surface area (Å²) < 4.78 is 7.85. The van der Waals surface area contributed by atoms with Crippen LogP contribution in [0.1, 0.15) is 53.9 Å². The molecule has 27 heavy (non-hydrogen) atoms. The molecule has 2 fully saturated rings. The van der Waals surface area contributed by atoms with E-state index < -0.39 is 0 Å². The highest BCUT2D eigenvalue weighted by Gasteiger charge is 2.28. The molecule has 2 N–H and O–H groups in total. The Morgan fingerprint density at radius 3 is 2.85 bits per heavy atom. The minimum Gasteiger partial charge on any atom is -0.373 e. The summed E-state index contributed by atoms with van der Waals surface area (Å²) in [6.45, 7) is 3.32. The lowest BCUT2D eigenvalue weighted by molar-refractivity contribution is -0.0272. The smallest absolute Gasteiger partial charge is 0.273 e. The fourth-order valence-electron chi connectivity index (χ4n) is 4.01. The lowest BCUT2D eigenvalue weighted by Gasteiger charge is -2.32. The summed E-state index contributed by atoms with van der Waals surface area (Å²) in [6.07, 6.45) is 5.91. The molecule has 3 heterocycles. The first-order chi connectivity index (χ1) is 13.3. The molecular formula is C20H27N5O2. The van der Waals surface area contributed by atoms with Crippen LogP contribution in [0.15, 0.2) is 36.5 Å². The monoisotopic (exact) mass is 369 g/mol. The van der Waals surface area contributed by atoms with Crippen molar-refractivity contribution in [3.63, 3.8) is 0 Å². The van der Waals surface area contributed by atoms with Gasteiger partial charge in [-0.15, -0.1) is 5.10 Å². The maximum atomic E-state index is 12.5. The lowest BCUT2D eigenvalue weighted by atomic mass is 9.89. The first kappa shape index (κ1) is 18.1. The maximum absolute atomic E-state index is 12.5. The molecule has 4 rings (SSSR count). The zero-order chi connectivity index (χ0) is 18.5. The van der Waals surface area contributed by atoms with Gasteiger partial charge in [0.2, 0.25) is 0 Å². The van der Waals surface area contributed by atoms with Gasteiger partial charge in [-0.1, -0.05) is 35.5 Å². The van der Waals surface area contributed by atoms with Gasteiger partial charge < -0.3 is 15.4 Å². The molecule has 7 heteroatoms. The van der Waals surface area contributed by atoms with Gasteiger partial charge in [0.05, 0.1) is 18.3 Å². The third kappa shape index (κ3) is 4.36. The van der Waals surface area contributed by atoms with Crippen LogP contribution in [0.2, 0.25) is 0 Å². The standard InChI is InChI=1S/C20H27N5O2/c26-20(18-14-25(24-23-18)17-8-10-21-11-9-17)22-13-16-7-4-12-27-19(16)15-5-2-1-3-6-15/h1-3,5-6,14,16-17,19,21H,4,7-13H2,(H,22,26). The minimum atomic E-state index is -0.160. The average molecular weight is 369 g/mol. The quantitative estimate of drug-likeness (QED) is 0.844. The molecule has 0 radical (unpaired) electrons. The summed E-state index contributed by atoms with van der Waals surface area (Å²) >= 11 is 0. The molecular weight excluding hydrogens is 342 g/mol. The van der Waals surface area contributed by atoms with Crippen molar-refractivity contribution in [3.8, 4) is 0 Å². The number of amides is 1. The zero-order valence-electron chi connectivity index (χ0n) is 15.5. The van der Waals surface area contributed by atoms with Crippen molar-refractivity contribution in [2.75, 3.05) is 26.2 Å². The number of hydrogen-bond donors (Lipinski definition) is 2. The van der Waals surface area contributed by atoms with Crippen LogP contribution in [0.5, 0.6) is 0 Å². The molecule has 2 aliphatic heterocycles. The van der Waals surface area contributed by atoms with Gasteiger partial charge in [0.15, 0.2) is 5.69 Å². The van der Waals surface area contributed by atoms with E-state index in [2.05, 4.69) is 33.1 Å². The van der Waals surface area contributed by atoms with Crippen LogP contribution >= 0.6 is 0 Å². The number of carbonyl (C=O) groups is 1. The Kier molecular flexibility index (Phi) is 5.79. The van der Waals surface area contributed by atoms with E-state index in [1.807, 2.05) is 22.9 Å². The second-order valence-corrected chi connectivity index (χ2v) is 7.38. The normalized spacial score (nSPS) is 23.9. The predicted molar refractivity (Wildman–Crippen MR) is 101 cm³/mol. The van der Waals surface area contributed by atoms with E-state index in [1.54, 1.807) is 6.20 Å². The Balaban J connectivity index is 1.36. The number of nitrogens with zero attached hydrogens (tertiary/aromatic N) is 3. The van der Waals surface area contributed by atoms with Gasteiger partial charge in [-0.3, -0.25) is 4.79 Å². The number of carbonyl (C=O) groups excluding carboxylic acids is 1. The highest BCUT2D eigenvalue weighted by Crippen LogP contribution is 2.33. The Labute approximate surface area is 159 Å². The van der Waals surface area contributed by atoms with Gasteiger partial charge in [-0.2, -0.15) is 0 Å². The lowest BCUT2D eigenvalue weighted by Crippen LogP contribution is -2.35. The van der Waals surface area contributed by atoms with E-state index in [1.165, 1.54) is 5.56 Å². The molecule has 2 aliphatic rings. The summed E-state index contributed by atoms with van der Waals surface area (Å²) in [5.74, 6) is 0.108. The second kappa shape index (κ2) is 8.63. The molecule has 1 aromatic heterocycles. The van der Waals surface area contributed by atoms with Crippen LogP contribution in [0.3, 0.4) is 0 Å². The van der Waals surface area contributed by atoms with Crippen LogP contribution in [0, 0.1) is 5.92 Å². The van der Waals surface area contributed by atoms with E-state index in [0.717, 1.165) is 45.4 Å². The number of rotatable bonds is 5. The number of aromatic nitrogens is 3. The van der Waals surface area contributed by atoms with Crippen molar-refractivity contribution >= 4 is 5.91 Å². The van der Waals surface area contributed by atoms with Gasteiger partial charge in [-0.05, 0) is 44.3 Å². The van der Waals surface area contributed by atoms with Gasteiger partial charge in [0.25, 0.3) is 5.91 Å². The summed E-state index contributed by atoms with van der Waals surface area (Å²) in [6, 6.07) is 10.6. The highest BCUT2D eigenvalue weighted by molar-refractivity contribution is 5.91. The van der Waals surface area contributed by atoms with Crippen LogP contribution < -0.4 is 10.6 Å². The molecule has 2 saturated heterocycles. The van der Waals surface area contributed by atoms with Gasteiger partial charge in [-0.25, -0.2) is 4.68 Å². The van der Waals surface area contributed by atoms with E-state index in [4.69, 9.17) is 4.74 Å². The first-order valence-corrected chi connectivity index (χ1v) is 9.88. The summed E-state index contributed by atoms with van der Waals surface area (Å²) in [4.78, 5) is 12.5. The van der Waals surface area contributed by atoms with Gasteiger partial charge >= 0.3 is 0 Å². The highest BCUT2D eigenvalue weighted by atomic mass is 16.5. The molecule has 0 spiro atoms. The molecule has 2 unspecified atom stereocenters. The Morgan fingerprint density at radius 1 is 1.22 bits per heavy atom. The first-order valence-electron chi connectivity index (χ1n) is 9.88. The van der Waals surface area contributed by atoms with Crippen molar-refractivity contribution in [2.24, 2.45) is 5.92 Å². The van der Waals surface area contributed by atoms with Crippen LogP contribution in [-0.2, 0) is 4.74 Å². The van der Waals surface area contributed by atoms with Crippen LogP contribution in [-0.4, -0.2) is 47.1 Å². The summed E-state index contributed by atoms with van der Waals surface area (Å²) in [5.41, 5.74) is 1.56. The van der Waals surface area contributed by atoms with E-state index in [0.29, 0.717) is 18.3 Å². The largest absolute Gasteiger partial charge is 0.373 e. The summed E-state index contributed by atoms with van der Waals surface area (Å²) in [5, 5.41) is 14.6. The Hall–Kier alpha value is -2.25. The molecule has 0 bridgehead atoms. The zero-order valence-corrected chi connectivity index (χ0v) is 15.5. The third-order valence-electron chi connectivity index (χ3n) is 5.52. The van der Waals surface area contributed by atoms with Gasteiger partial charge in [0.1, 0.15) is 0 Å². The summed E-state index contributed by atoms with van der Waals surface area (Å²) in [7, 11) is 0. The minimum absolute atomic E-state index is 0.0330. The third-order valence-corrected chi connectivity index (χ3v) is 5.52. The molecule has 0 aliphatic carbocycles. The van der Waals surface area contributed by atoms with Crippen molar-refractivity contribution in [1.29, 1.82) is 0 Å². The fourth-order valence-corrected chi connectivity index (χ4v) is 4.01. The number of nitrogens with one attached hydrogen (secondary N) is 2. The molecule has 1 aromatic carbocycles. The molecule has 1 amide bonds. The molecule has 144 valence electrons.